The molecule has 0 aliphatic carbocycles. The Hall–Kier alpha value is -5.28. The van der Waals surface area contributed by atoms with Crippen molar-refractivity contribution < 1.29 is 18.7 Å². The first-order chi connectivity index (χ1) is 21.7. The van der Waals surface area contributed by atoms with E-state index in [9.17, 15) is 9.59 Å². The summed E-state index contributed by atoms with van der Waals surface area (Å²) >= 11 is 1.26. The summed E-state index contributed by atoms with van der Waals surface area (Å²) in [5, 5.41) is 0.605. The van der Waals surface area contributed by atoms with E-state index in [-0.39, 0.29) is 23.0 Å². The molecule has 222 valence electrons. The molecular weight excluding hydrogens is 586 g/mol. The zero-order valence-corrected chi connectivity index (χ0v) is 25.8. The highest BCUT2D eigenvalue weighted by molar-refractivity contribution is 7.22. The van der Waals surface area contributed by atoms with E-state index in [0.29, 0.717) is 33.5 Å². The van der Waals surface area contributed by atoms with Crippen LogP contribution in [-0.2, 0) is 16.9 Å². The van der Waals surface area contributed by atoms with Crippen LogP contribution in [0.3, 0.4) is 0 Å². The number of hydrogen-bond acceptors (Lipinski definition) is 7. The summed E-state index contributed by atoms with van der Waals surface area (Å²) in [6.45, 7) is 6.10. The number of amides is 2. The fraction of sp³-hybridized carbons (Fsp3) is 0.167. The second-order valence-corrected chi connectivity index (χ2v) is 12.6. The number of anilines is 2. The fourth-order valence-corrected chi connectivity index (χ4v) is 7.69. The molecule has 0 fully saturated rings. The molecule has 2 aromatic heterocycles. The molecule has 6 aromatic rings. The number of carbonyl (C=O) groups excluding carboxylic acids is 2. The standard InChI is InChI=1S/C36H27N3O5S/c1-19-9-5-6-10-22(19)18-38-27-12-8-7-11-25(27)36(34(38)42)30-31(40)24-15-20(2)21(3)16-28(24)44-32(30)33(41)39(36)35-37-26-14-13-23(43-4)17-29(26)45-35/h5-17H,18H2,1-4H3. The molecule has 2 aliphatic heterocycles. The van der Waals surface area contributed by atoms with E-state index in [4.69, 9.17) is 14.1 Å². The first kappa shape index (κ1) is 27.3. The lowest BCUT2D eigenvalue weighted by Gasteiger charge is -2.32. The number of rotatable bonds is 4. The van der Waals surface area contributed by atoms with Crippen LogP contribution < -0.4 is 20.0 Å². The molecule has 4 heterocycles. The van der Waals surface area contributed by atoms with Gasteiger partial charge in [-0.25, -0.2) is 4.98 Å². The number of thiazole rings is 1. The molecular formula is C36H27N3O5S. The number of nitrogens with zero attached hydrogens (tertiary/aromatic N) is 3. The smallest absolute Gasteiger partial charge is 0.297 e. The van der Waals surface area contributed by atoms with Gasteiger partial charge in [-0.15, -0.1) is 0 Å². The van der Waals surface area contributed by atoms with Gasteiger partial charge < -0.3 is 14.1 Å². The predicted octanol–water partition coefficient (Wildman–Crippen LogP) is 6.79. The second kappa shape index (κ2) is 9.61. The molecule has 9 heteroatoms. The maximum atomic E-state index is 15.2. The summed E-state index contributed by atoms with van der Waals surface area (Å²) < 4.78 is 12.5. The Kier molecular flexibility index (Phi) is 5.83. The van der Waals surface area contributed by atoms with Crippen molar-refractivity contribution in [3.8, 4) is 5.75 Å². The molecule has 1 unspecified atom stereocenters. The first-order valence-corrected chi connectivity index (χ1v) is 15.4. The molecule has 8 rings (SSSR count). The molecule has 4 aromatic carbocycles. The number of fused-ring (bicyclic) bond motifs is 6. The van der Waals surface area contributed by atoms with E-state index in [1.54, 1.807) is 30.2 Å². The monoisotopic (exact) mass is 613 g/mol. The van der Waals surface area contributed by atoms with Gasteiger partial charge in [-0.1, -0.05) is 53.8 Å². The summed E-state index contributed by atoms with van der Waals surface area (Å²) in [4.78, 5) is 52.4. The van der Waals surface area contributed by atoms with Crippen molar-refractivity contribution in [1.82, 2.24) is 4.98 Å². The average molecular weight is 614 g/mol. The van der Waals surface area contributed by atoms with Gasteiger partial charge in [-0.3, -0.25) is 19.3 Å². The molecule has 2 aliphatic rings. The normalized spacial score (nSPS) is 17.2. The molecule has 45 heavy (non-hydrogen) atoms. The minimum Gasteiger partial charge on any atom is -0.497 e. The maximum Gasteiger partial charge on any atom is 0.297 e. The van der Waals surface area contributed by atoms with Crippen LogP contribution in [-0.4, -0.2) is 23.9 Å². The molecule has 0 saturated carbocycles. The molecule has 1 spiro atoms. The molecule has 0 bridgehead atoms. The van der Waals surface area contributed by atoms with Gasteiger partial charge in [0.1, 0.15) is 11.3 Å². The minimum atomic E-state index is -1.82. The van der Waals surface area contributed by atoms with Crippen molar-refractivity contribution in [2.24, 2.45) is 0 Å². The number of para-hydroxylation sites is 1. The second-order valence-electron chi connectivity index (χ2n) is 11.6. The molecule has 8 nitrogen and oxygen atoms in total. The largest absolute Gasteiger partial charge is 0.497 e. The van der Waals surface area contributed by atoms with Crippen molar-refractivity contribution in [3.05, 3.63) is 128 Å². The van der Waals surface area contributed by atoms with Gasteiger partial charge in [0.05, 0.1) is 40.5 Å². The van der Waals surface area contributed by atoms with Crippen LogP contribution in [0.25, 0.3) is 21.2 Å². The Balaban J connectivity index is 1.46. The molecule has 0 radical (unpaired) electrons. The van der Waals surface area contributed by atoms with E-state index in [0.717, 1.165) is 27.0 Å². The van der Waals surface area contributed by atoms with E-state index in [1.807, 2.05) is 81.4 Å². The summed E-state index contributed by atoms with van der Waals surface area (Å²) in [5.41, 5.74) is 3.70. The summed E-state index contributed by atoms with van der Waals surface area (Å²) in [5.74, 6) is -0.502. The summed E-state index contributed by atoms with van der Waals surface area (Å²) in [7, 11) is 1.58. The molecule has 0 saturated heterocycles. The van der Waals surface area contributed by atoms with E-state index in [1.165, 1.54) is 16.2 Å². The lowest BCUT2D eigenvalue weighted by atomic mass is 9.84. The predicted molar refractivity (Wildman–Crippen MR) is 175 cm³/mol. The number of methoxy groups -OCH3 is 1. The van der Waals surface area contributed by atoms with Gasteiger partial charge in [0, 0.05) is 5.56 Å². The van der Waals surface area contributed by atoms with Gasteiger partial charge in [0.15, 0.2) is 16.1 Å². The number of carbonyl (C=O) groups is 2. The van der Waals surface area contributed by atoms with Crippen molar-refractivity contribution in [2.75, 3.05) is 16.9 Å². The Bertz CT molecular complexity index is 2320. The number of aryl methyl sites for hydroxylation is 3. The number of hydrogen-bond donors (Lipinski definition) is 0. The lowest BCUT2D eigenvalue weighted by molar-refractivity contribution is -0.121. The van der Waals surface area contributed by atoms with E-state index < -0.39 is 22.8 Å². The topological polar surface area (TPSA) is 93.0 Å². The van der Waals surface area contributed by atoms with Crippen molar-refractivity contribution in [2.45, 2.75) is 32.9 Å². The van der Waals surface area contributed by atoms with Crippen LogP contribution in [0.1, 0.15) is 43.9 Å². The number of aromatic nitrogens is 1. The van der Waals surface area contributed by atoms with Crippen LogP contribution in [0.4, 0.5) is 10.8 Å². The molecule has 0 N–H and O–H groups in total. The van der Waals surface area contributed by atoms with Gasteiger partial charge in [-0.2, -0.15) is 0 Å². The highest BCUT2D eigenvalue weighted by Crippen LogP contribution is 2.55. The van der Waals surface area contributed by atoms with Crippen LogP contribution >= 0.6 is 11.3 Å². The lowest BCUT2D eigenvalue weighted by Crippen LogP contribution is -2.53. The molecule has 2 amide bonds. The van der Waals surface area contributed by atoms with E-state index >= 15 is 4.79 Å². The van der Waals surface area contributed by atoms with Crippen LogP contribution in [0.15, 0.2) is 88.1 Å². The Morgan fingerprint density at radius 2 is 1.64 bits per heavy atom. The fourth-order valence-electron chi connectivity index (χ4n) is 6.65. The van der Waals surface area contributed by atoms with Crippen molar-refractivity contribution >= 4 is 55.2 Å². The Labute approximate surface area is 262 Å². The third-order valence-electron chi connectivity index (χ3n) is 9.11. The van der Waals surface area contributed by atoms with Gasteiger partial charge in [-0.05, 0) is 79.4 Å². The zero-order chi connectivity index (χ0) is 31.2. The van der Waals surface area contributed by atoms with E-state index in [2.05, 4.69) is 0 Å². The van der Waals surface area contributed by atoms with Crippen LogP contribution in [0.2, 0.25) is 0 Å². The van der Waals surface area contributed by atoms with Crippen molar-refractivity contribution in [1.29, 1.82) is 0 Å². The van der Waals surface area contributed by atoms with Gasteiger partial charge >= 0.3 is 0 Å². The zero-order valence-electron chi connectivity index (χ0n) is 25.0. The quantitative estimate of drug-likeness (QED) is 0.218. The van der Waals surface area contributed by atoms with Gasteiger partial charge in [0.25, 0.3) is 11.8 Å². The first-order valence-electron chi connectivity index (χ1n) is 14.6. The van der Waals surface area contributed by atoms with Crippen LogP contribution in [0, 0.1) is 20.8 Å². The average Bonchev–Trinajstić information content (AvgIpc) is 3.64. The number of benzene rings is 4. The Morgan fingerprint density at radius 1 is 0.889 bits per heavy atom. The Morgan fingerprint density at radius 3 is 2.44 bits per heavy atom. The maximum absolute atomic E-state index is 15.2. The summed E-state index contributed by atoms with van der Waals surface area (Å²) in [6, 6.07) is 24.2. The third kappa shape index (κ3) is 3.64. The molecule has 1 atom stereocenters. The SMILES string of the molecule is COc1ccc2nc(N3C(=O)c4oc5cc(C)c(C)cc5c(=O)c4C34C(=O)N(Cc3ccccc3C)c3ccccc34)sc2c1. The van der Waals surface area contributed by atoms with Crippen LogP contribution in [0.5, 0.6) is 5.75 Å². The highest BCUT2D eigenvalue weighted by Gasteiger charge is 2.66. The van der Waals surface area contributed by atoms with Gasteiger partial charge in [0.2, 0.25) is 5.76 Å². The third-order valence-corrected chi connectivity index (χ3v) is 10.1. The minimum absolute atomic E-state index is 0.0184. The number of ether oxygens (including phenoxy) is 1. The summed E-state index contributed by atoms with van der Waals surface area (Å²) in [6.07, 6.45) is 0. The highest BCUT2D eigenvalue weighted by atomic mass is 32.1. The van der Waals surface area contributed by atoms with Crippen molar-refractivity contribution in [3.63, 3.8) is 0 Å².